The molecule has 0 bridgehead atoms. The number of fused-ring (bicyclic) bond motifs is 1. The maximum absolute atomic E-state index is 12.7. The number of amides is 2. The Kier molecular flexibility index (Phi) is 4.92. The van der Waals surface area contributed by atoms with E-state index < -0.39 is 0 Å². The number of nitrogens with one attached hydrogen (secondary N) is 2. The van der Waals surface area contributed by atoms with E-state index in [9.17, 15) is 9.59 Å². The normalized spacial score (nSPS) is 16.1. The first kappa shape index (κ1) is 19.0. The summed E-state index contributed by atoms with van der Waals surface area (Å²) >= 11 is 0. The maximum atomic E-state index is 12.7. The lowest BCUT2D eigenvalue weighted by atomic mass is 10.1. The zero-order valence-electron chi connectivity index (χ0n) is 16.8. The number of aromatic nitrogens is 3. The molecule has 3 heterocycles. The van der Waals surface area contributed by atoms with Gasteiger partial charge in [-0.3, -0.25) is 14.6 Å². The predicted molar refractivity (Wildman–Crippen MR) is 118 cm³/mol. The molecule has 0 spiro atoms. The van der Waals surface area contributed by atoms with Crippen LogP contribution in [0.2, 0.25) is 0 Å². The highest BCUT2D eigenvalue weighted by atomic mass is 16.2. The number of carbonyl (C=O) groups excluding carboxylic acids is 2. The molecule has 1 fully saturated rings. The SMILES string of the molecule is O=C(Nc1ccc(-c2nc3ccccc3[nH]2)cc1)C1CC(=O)N(Cc2ccccn2)C1. The van der Waals surface area contributed by atoms with Gasteiger partial charge in [0.15, 0.2) is 0 Å². The molecule has 1 aliphatic rings. The van der Waals surface area contributed by atoms with Crippen molar-refractivity contribution in [3.8, 4) is 11.4 Å². The van der Waals surface area contributed by atoms with Crippen LogP contribution in [-0.2, 0) is 16.1 Å². The van der Waals surface area contributed by atoms with Gasteiger partial charge in [0.25, 0.3) is 0 Å². The van der Waals surface area contributed by atoms with Gasteiger partial charge < -0.3 is 15.2 Å². The van der Waals surface area contributed by atoms with Crippen molar-refractivity contribution in [3.63, 3.8) is 0 Å². The highest BCUT2D eigenvalue weighted by Crippen LogP contribution is 2.24. The number of carbonyl (C=O) groups is 2. The van der Waals surface area contributed by atoms with Crippen molar-refractivity contribution in [3.05, 3.63) is 78.6 Å². The summed E-state index contributed by atoms with van der Waals surface area (Å²) in [6.45, 7) is 0.827. The van der Waals surface area contributed by atoms with Gasteiger partial charge in [0.2, 0.25) is 11.8 Å². The van der Waals surface area contributed by atoms with Crippen LogP contribution in [0.25, 0.3) is 22.4 Å². The second-order valence-corrected chi connectivity index (χ2v) is 7.67. The summed E-state index contributed by atoms with van der Waals surface area (Å²) in [4.78, 5) is 38.9. The molecule has 0 radical (unpaired) electrons. The van der Waals surface area contributed by atoms with E-state index in [1.165, 1.54) is 0 Å². The van der Waals surface area contributed by atoms with Gasteiger partial charge in [-0.15, -0.1) is 0 Å². The summed E-state index contributed by atoms with van der Waals surface area (Å²) < 4.78 is 0. The van der Waals surface area contributed by atoms with Crippen LogP contribution in [0.4, 0.5) is 5.69 Å². The molecule has 5 rings (SSSR count). The molecule has 2 amide bonds. The number of imidazole rings is 1. The molecule has 1 saturated heterocycles. The van der Waals surface area contributed by atoms with E-state index in [0.717, 1.165) is 28.1 Å². The van der Waals surface area contributed by atoms with Crippen LogP contribution in [0.3, 0.4) is 0 Å². The van der Waals surface area contributed by atoms with Crippen molar-refractivity contribution >= 4 is 28.5 Å². The fraction of sp³-hybridized carbons (Fsp3) is 0.167. The van der Waals surface area contributed by atoms with E-state index >= 15 is 0 Å². The predicted octanol–water partition coefficient (Wildman–Crippen LogP) is 3.61. The molecular formula is C24H21N5O2. The van der Waals surface area contributed by atoms with Gasteiger partial charge in [-0.05, 0) is 48.5 Å². The summed E-state index contributed by atoms with van der Waals surface area (Å²) in [7, 11) is 0. The second-order valence-electron chi connectivity index (χ2n) is 7.67. The van der Waals surface area contributed by atoms with E-state index in [4.69, 9.17) is 0 Å². The first-order valence-corrected chi connectivity index (χ1v) is 10.2. The van der Waals surface area contributed by atoms with E-state index in [2.05, 4.69) is 20.3 Å². The Bertz CT molecular complexity index is 1200. The lowest BCUT2D eigenvalue weighted by Crippen LogP contribution is -2.28. The average molecular weight is 411 g/mol. The maximum Gasteiger partial charge on any atom is 0.229 e. The molecule has 1 unspecified atom stereocenters. The first-order valence-electron chi connectivity index (χ1n) is 10.2. The zero-order valence-corrected chi connectivity index (χ0v) is 16.8. The molecule has 1 aliphatic heterocycles. The van der Waals surface area contributed by atoms with Crippen molar-refractivity contribution in [1.82, 2.24) is 19.9 Å². The number of anilines is 1. The Morgan fingerprint density at radius 3 is 2.65 bits per heavy atom. The van der Waals surface area contributed by atoms with Crippen LogP contribution in [0.1, 0.15) is 12.1 Å². The molecule has 4 aromatic rings. The minimum absolute atomic E-state index is 0.0222. The van der Waals surface area contributed by atoms with Crippen LogP contribution in [0, 0.1) is 5.92 Å². The van der Waals surface area contributed by atoms with Gasteiger partial charge in [-0.1, -0.05) is 18.2 Å². The largest absolute Gasteiger partial charge is 0.338 e. The Labute approximate surface area is 179 Å². The van der Waals surface area contributed by atoms with Gasteiger partial charge in [0, 0.05) is 30.4 Å². The summed E-state index contributed by atoms with van der Waals surface area (Å²) in [6.07, 6.45) is 1.92. The van der Waals surface area contributed by atoms with Crippen LogP contribution in [-0.4, -0.2) is 38.2 Å². The number of nitrogens with zero attached hydrogens (tertiary/aromatic N) is 3. The Morgan fingerprint density at radius 1 is 1.06 bits per heavy atom. The van der Waals surface area contributed by atoms with Crippen LogP contribution in [0.5, 0.6) is 0 Å². The van der Waals surface area contributed by atoms with E-state index in [1.54, 1.807) is 11.1 Å². The Balaban J connectivity index is 1.23. The number of aromatic amines is 1. The summed E-state index contributed by atoms with van der Waals surface area (Å²) in [6, 6.07) is 21.0. The third kappa shape index (κ3) is 4.02. The summed E-state index contributed by atoms with van der Waals surface area (Å²) in [5.41, 5.74) is 4.34. The van der Waals surface area contributed by atoms with Crippen molar-refractivity contribution < 1.29 is 9.59 Å². The Morgan fingerprint density at radius 2 is 1.87 bits per heavy atom. The minimum atomic E-state index is -0.369. The van der Waals surface area contributed by atoms with Crippen molar-refractivity contribution in [2.75, 3.05) is 11.9 Å². The van der Waals surface area contributed by atoms with Crippen LogP contribution >= 0.6 is 0 Å². The van der Waals surface area contributed by atoms with Crippen molar-refractivity contribution in [2.24, 2.45) is 5.92 Å². The monoisotopic (exact) mass is 411 g/mol. The number of H-pyrrole nitrogens is 1. The quantitative estimate of drug-likeness (QED) is 0.525. The number of hydrogen-bond donors (Lipinski definition) is 2. The zero-order chi connectivity index (χ0) is 21.2. The van der Waals surface area contributed by atoms with Gasteiger partial charge >= 0.3 is 0 Å². The molecule has 1 atom stereocenters. The Hall–Kier alpha value is -4.00. The first-order chi connectivity index (χ1) is 15.2. The van der Waals surface area contributed by atoms with E-state index in [0.29, 0.717) is 18.8 Å². The molecule has 2 aromatic carbocycles. The molecule has 2 aromatic heterocycles. The number of rotatable bonds is 5. The molecule has 7 heteroatoms. The fourth-order valence-corrected chi connectivity index (χ4v) is 3.83. The molecule has 0 aliphatic carbocycles. The van der Waals surface area contributed by atoms with Crippen molar-refractivity contribution in [1.29, 1.82) is 0 Å². The molecule has 31 heavy (non-hydrogen) atoms. The number of pyridine rings is 1. The third-order valence-electron chi connectivity index (χ3n) is 5.48. The van der Waals surface area contributed by atoms with Crippen LogP contribution in [0.15, 0.2) is 72.9 Å². The number of para-hydroxylation sites is 2. The highest BCUT2D eigenvalue weighted by Gasteiger charge is 2.34. The fourth-order valence-electron chi connectivity index (χ4n) is 3.83. The number of likely N-dealkylation sites (tertiary alicyclic amines) is 1. The van der Waals surface area contributed by atoms with E-state index in [-0.39, 0.29) is 24.2 Å². The van der Waals surface area contributed by atoms with Gasteiger partial charge in [0.1, 0.15) is 5.82 Å². The highest BCUT2D eigenvalue weighted by molar-refractivity contribution is 5.97. The standard InChI is InChI=1S/C24H21N5O2/c30-22-13-17(14-29(22)15-19-5-3-4-12-25-19)24(31)26-18-10-8-16(9-11-18)23-27-20-6-1-2-7-21(20)28-23/h1-12,17H,13-15H2,(H,26,31)(H,27,28). The number of hydrogen-bond acceptors (Lipinski definition) is 4. The topological polar surface area (TPSA) is 91.0 Å². The minimum Gasteiger partial charge on any atom is -0.338 e. The van der Waals surface area contributed by atoms with E-state index in [1.807, 2.05) is 66.7 Å². The smallest absolute Gasteiger partial charge is 0.229 e. The summed E-state index contributed by atoms with van der Waals surface area (Å²) in [5.74, 6) is 0.247. The molecule has 154 valence electrons. The molecule has 2 N–H and O–H groups in total. The van der Waals surface area contributed by atoms with Crippen LogP contribution < -0.4 is 5.32 Å². The van der Waals surface area contributed by atoms with Crippen molar-refractivity contribution in [2.45, 2.75) is 13.0 Å². The lowest BCUT2D eigenvalue weighted by molar-refractivity contribution is -0.128. The molecule has 0 saturated carbocycles. The van der Waals surface area contributed by atoms with Gasteiger partial charge in [-0.25, -0.2) is 4.98 Å². The van der Waals surface area contributed by atoms with Gasteiger partial charge in [0.05, 0.1) is 29.2 Å². The average Bonchev–Trinajstić information content (AvgIpc) is 3.39. The lowest BCUT2D eigenvalue weighted by Gasteiger charge is -2.16. The molecule has 7 nitrogen and oxygen atoms in total. The molecular weight excluding hydrogens is 390 g/mol. The van der Waals surface area contributed by atoms with Gasteiger partial charge in [-0.2, -0.15) is 0 Å². The summed E-state index contributed by atoms with van der Waals surface area (Å²) in [5, 5.41) is 2.93. The number of benzene rings is 2. The third-order valence-corrected chi connectivity index (χ3v) is 5.48. The second kappa shape index (κ2) is 8.02.